The third kappa shape index (κ3) is 4.00. The van der Waals surface area contributed by atoms with Gasteiger partial charge in [0.25, 0.3) is 0 Å². The van der Waals surface area contributed by atoms with Gasteiger partial charge in [0, 0.05) is 20.3 Å². The maximum Gasteiger partial charge on any atom is 0.321 e. The maximum absolute atomic E-state index is 13.7. The lowest BCUT2D eigenvalue weighted by Gasteiger charge is -2.38. The molecule has 1 amide bonds. The second kappa shape index (κ2) is 9.50. The van der Waals surface area contributed by atoms with Crippen LogP contribution in [0.3, 0.4) is 0 Å². The summed E-state index contributed by atoms with van der Waals surface area (Å²) in [6.07, 6.45) is 0.578. The van der Waals surface area contributed by atoms with Gasteiger partial charge in [0.2, 0.25) is 11.9 Å². The van der Waals surface area contributed by atoms with E-state index >= 15 is 0 Å². The Labute approximate surface area is 191 Å². The van der Waals surface area contributed by atoms with Crippen LogP contribution in [0.15, 0.2) is 42.5 Å². The first-order valence-corrected chi connectivity index (χ1v) is 10.8. The molecule has 33 heavy (non-hydrogen) atoms. The Morgan fingerprint density at radius 2 is 1.97 bits per heavy atom. The first-order valence-electron chi connectivity index (χ1n) is 10.8. The van der Waals surface area contributed by atoms with E-state index in [1.54, 1.807) is 26.2 Å². The first kappa shape index (κ1) is 22.6. The highest BCUT2D eigenvalue weighted by Crippen LogP contribution is 2.43. The normalized spacial score (nSPS) is 17.8. The predicted octanol–water partition coefficient (Wildman–Crippen LogP) is 2.90. The molecule has 1 N–H and O–H groups in total. The van der Waals surface area contributed by atoms with Gasteiger partial charge in [-0.25, -0.2) is 4.98 Å². The number of phenolic OH excluding ortho intramolecular Hbond substituents is 1. The Bertz CT molecular complexity index is 1170. The van der Waals surface area contributed by atoms with Crippen LogP contribution in [-0.4, -0.2) is 60.5 Å². The second-order valence-corrected chi connectivity index (χ2v) is 7.71. The minimum atomic E-state index is -1.15. The van der Waals surface area contributed by atoms with E-state index in [4.69, 9.17) is 19.2 Å². The molecule has 3 aromatic rings. The second-order valence-electron chi connectivity index (χ2n) is 7.71. The van der Waals surface area contributed by atoms with Crippen molar-refractivity contribution in [3.63, 3.8) is 0 Å². The highest BCUT2D eigenvalue weighted by atomic mass is 16.5. The van der Waals surface area contributed by atoms with Crippen LogP contribution in [0.25, 0.3) is 11.0 Å². The molecule has 9 heteroatoms. The molecule has 0 aliphatic carbocycles. The summed E-state index contributed by atoms with van der Waals surface area (Å²) in [4.78, 5) is 33.1. The number of aromatic hydroxyl groups is 1. The minimum Gasteiger partial charge on any atom is -0.504 e. The molecule has 0 saturated carbocycles. The highest BCUT2D eigenvalue weighted by molar-refractivity contribution is 6.08. The number of imidazole rings is 1. The Morgan fingerprint density at radius 3 is 2.67 bits per heavy atom. The van der Waals surface area contributed by atoms with Gasteiger partial charge in [-0.3, -0.25) is 14.5 Å². The third-order valence-electron chi connectivity index (χ3n) is 5.76. The minimum absolute atomic E-state index is 0.0847. The molecule has 0 radical (unpaired) electrons. The number of nitrogens with zero attached hydrogens (tertiary/aromatic N) is 3. The van der Waals surface area contributed by atoms with Crippen molar-refractivity contribution in [2.75, 3.05) is 38.9 Å². The molecule has 1 aliphatic rings. The van der Waals surface area contributed by atoms with E-state index in [1.807, 2.05) is 28.8 Å². The number of benzene rings is 2. The quantitative estimate of drug-likeness (QED) is 0.318. The number of anilines is 1. The number of ether oxygens (including phenoxy) is 3. The number of hydrogen-bond donors (Lipinski definition) is 1. The van der Waals surface area contributed by atoms with Crippen LogP contribution in [0.2, 0.25) is 0 Å². The molecule has 0 saturated heterocycles. The lowest BCUT2D eigenvalue weighted by atomic mass is 9.89. The summed E-state index contributed by atoms with van der Waals surface area (Å²) in [5.41, 5.74) is 2.04. The predicted molar refractivity (Wildman–Crippen MR) is 121 cm³/mol. The number of hydrogen-bond acceptors (Lipinski definition) is 7. The largest absolute Gasteiger partial charge is 0.504 e. The van der Waals surface area contributed by atoms with Crippen LogP contribution < -0.4 is 9.64 Å². The molecular weight excluding hydrogens is 426 g/mol. The van der Waals surface area contributed by atoms with Crippen molar-refractivity contribution in [3.05, 3.63) is 48.0 Å². The summed E-state index contributed by atoms with van der Waals surface area (Å²) in [7, 11) is 3.06. The number of aromatic nitrogens is 2. The van der Waals surface area contributed by atoms with Crippen molar-refractivity contribution in [1.82, 2.24) is 9.55 Å². The number of fused-ring (bicyclic) bond motifs is 3. The molecule has 1 aliphatic heterocycles. The van der Waals surface area contributed by atoms with E-state index in [2.05, 4.69) is 0 Å². The molecule has 1 aromatic heterocycles. The van der Waals surface area contributed by atoms with Gasteiger partial charge in [0.1, 0.15) is 0 Å². The number of carbonyl (C=O) groups is 2. The molecule has 0 bridgehead atoms. The Balaban J connectivity index is 1.94. The number of amides is 1. The van der Waals surface area contributed by atoms with E-state index in [9.17, 15) is 14.7 Å². The summed E-state index contributed by atoms with van der Waals surface area (Å²) in [6, 6.07) is 11.6. The Morgan fingerprint density at radius 1 is 1.18 bits per heavy atom. The number of phenols is 1. The van der Waals surface area contributed by atoms with Gasteiger partial charge in [-0.05, 0) is 43.2 Å². The average Bonchev–Trinajstić information content (AvgIpc) is 3.19. The lowest BCUT2D eigenvalue weighted by Crippen LogP contribution is -2.50. The fourth-order valence-electron chi connectivity index (χ4n) is 4.32. The van der Waals surface area contributed by atoms with Gasteiger partial charge >= 0.3 is 5.97 Å². The van der Waals surface area contributed by atoms with Crippen molar-refractivity contribution in [2.24, 2.45) is 5.92 Å². The molecule has 2 atom stereocenters. The van der Waals surface area contributed by atoms with Crippen molar-refractivity contribution >= 4 is 28.9 Å². The topological polar surface area (TPSA) is 103 Å². The summed E-state index contributed by atoms with van der Waals surface area (Å²) < 4.78 is 17.5. The number of esters is 1. The molecule has 4 rings (SSSR count). The van der Waals surface area contributed by atoms with Crippen molar-refractivity contribution in [2.45, 2.75) is 19.4 Å². The molecule has 0 fully saturated rings. The zero-order valence-corrected chi connectivity index (χ0v) is 18.9. The van der Waals surface area contributed by atoms with Gasteiger partial charge in [0.05, 0.1) is 30.8 Å². The number of rotatable bonds is 8. The first-order chi connectivity index (χ1) is 16.0. The fraction of sp³-hybridized carbons (Fsp3) is 0.375. The van der Waals surface area contributed by atoms with Crippen molar-refractivity contribution in [1.29, 1.82) is 0 Å². The van der Waals surface area contributed by atoms with E-state index in [1.165, 1.54) is 18.1 Å². The lowest BCUT2D eigenvalue weighted by molar-refractivity contribution is -0.153. The van der Waals surface area contributed by atoms with Gasteiger partial charge in [-0.2, -0.15) is 0 Å². The Kier molecular flexibility index (Phi) is 6.50. The molecule has 9 nitrogen and oxygen atoms in total. The van der Waals surface area contributed by atoms with Crippen molar-refractivity contribution < 1.29 is 28.9 Å². The number of methoxy groups -OCH3 is 2. The smallest absolute Gasteiger partial charge is 0.321 e. The maximum atomic E-state index is 13.7. The van der Waals surface area contributed by atoms with Crippen LogP contribution in [0.4, 0.5) is 5.95 Å². The summed E-state index contributed by atoms with van der Waals surface area (Å²) in [5.74, 6) is -1.51. The van der Waals surface area contributed by atoms with Crippen LogP contribution in [0.5, 0.6) is 11.5 Å². The SMILES string of the molecule is CCOC(=O)C1C(=O)N(CCCOC)c2nc3ccccc3n2C1c1ccc(OC)c(O)c1. The molecule has 2 heterocycles. The summed E-state index contributed by atoms with van der Waals surface area (Å²) >= 11 is 0. The van der Waals surface area contributed by atoms with Gasteiger partial charge < -0.3 is 23.9 Å². The molecule has 174 valence electrons. The van der Waals surface area contributed by atoms with Crippen LogP contribution in [0.1, 0.15) is 24.9 Å². The van der Waals surface area contributed by atoms with E-state index < -0.39 is 23.8 Å². The van der Waals surface area contributed by atoms with E-state index in [0.717, 1.165) is 5.52 Å². The molecule has 0 spiro atoms. The summed E-state index contributed by atoms with van der Waals surface area (Å²) in [5, 5.41) is 10.4. The van der Waals surface area contributed by atoms with Crippen molar-refractivity contribution in [3.8, 4) is 11.5 Å². The third-order valence-corrected chi connectivity index (χ3v) is 5.76. The number of para-hydroxylation sites is 2. The molecular formula is C24H27N3O6. The van der Waals surface area contributed by atoms with E-state index in [0.29, 0.717) is 42.4 Å². The zero-order chi connectivity index (χ0) is 23.5. The van der Waals surface area contributed by atoms with Crippen LogP contribution >= 0.6 is 0 Å². The van der Waals surface area contributed by atoms with Gasteiger partial charge in [0.15, 0.2) is 17.4 Å². The van der Waals surface area contributed by atoms with Crippen LogP contribution in [-0.2, 0) is 19.1 Å². The van der Waals surface area contributed by atoms with Crippen LogP contribution in [0, 0.1) is 5.92 Å². The molecule has 2 unspecified atom stereocenters. The zero-order valence-electron chi connectivity index (χ0n) is 18.9. The number of carbonyl (C=O) groups excluding carboxylic acids is 2. The van der Waals surface area contributed by atoms with Gasteiger partial charge in [-0.1, -0.05) is 18.2 Å². The monoisotopic (exact) mass is 453 g/mol. The summed E-state index contributed by atoms with van der Waals surface area (Å²) in [6.45, 7) is 2.65. The van der Waals surface area contributed by atoms with Gasteiger partial charge in [-0.15, -0.1) is 0 Å². The van der Waals surface area contributed by atoms with E-state index in [-0.39, 0.29) is 12.4 Å². The Hall–Kier alpha value is -3.59. The fourth-order valence-corrected chi connectivity index (χ4v) is 4.32. The average molecular weight is 453 g/mol. The standard InChI is InChI=1S/C24H27N3O6/c1-4-33-23(30)20-21(15-10-11-19(32-3)18(28)14-15)27-17-9-6-5-8-16(17)25-24(27)26(22(20)29)12-7-13-31-2/h5-6,8-11,14,20-21,28H,4,7,12-13H2,1-3H3. The molecule has 2 aromatic carbocycles. The highest BCUT2D eigenvalue weighted by Gasteiger charge is 2.47.